The quantitative estimate of drug-likeness (QED) is 0.480. The van der Waals surface area contributed by atoms with Crippen molar-refractivity contribution in [2.75, 3.05) is 10.2 Å². The number of rotatable bonds is 5. The number of carbonyl (C=O) groups is 3. The predicted molar refractivity (Wildman–Crippen MR) is 126 cm³/mol. The third-order valence-electron chi connectivity index (χ3n) is 4.86. The van der Waals surface area contributed by atoms with E-state index in [0.29, 0.717) is 16.9 Å². The molecular formula is C24H19BrN2O3S. The minimum atomic E-state index is -0.469. The maximum atomic E-state index is 12.8. The summed E-state index contributed by atoms with van der Waals surface area (Å²) in [5.41, 5.74) is 2.87. The highest BCUT2D eigenvalue weighted by Gasteiger charge is 2.40. The van der Waals surface area contributed by atoms with Crippen LogP contribution < -0.4 is 10.2 Å². The van der Waals surface area contributed by atoms with Gasteiger partial charge in [0.1, 0.15) is 0 Å². The van der Waals surface area contributed by atoms with Crippen molar-refractivity contribution < 1.29 is 14.4 Å². The van der Waals surface area contributed by atoms with E-state index in [2.05, 4.69) is 21.2 Å². The van der Waals surface area contributed by atoms with E-state index < -0.39 is 5.25 Å². The molecule has 5 nitrogen and oxygen atoms in total. The van der Waals surface area contributed by atoms with Crippen molar-refractivity contribution in [2.45, 2.75) is 23.5 Å². The van der Waals surface area contributed by atoms with Gasteiger partial charge in [0.2, 0.25) is 11.8 Å². The van der Waals surface area contributed by atoms with Gasteiger partial charge in [0.25, 0.3) is 5.91 Å². The Kier molecular flexibility index (Phi) is 6.25. The molecule has 1 aliphatic rings. The summed E-state index contributed by atoms with van der Waals surface area (Å²) in [6.45, 7) is 1.94. The molecule has 0 radical (unpaired) electrons. The average Bonchev–Trinajstić information content (AvgIpc) is 3.03. The van der Waals surface area contributed by atoms with Crippen LogP contribution in [0.2, 0.25) is 0 Å². The van der Waals surface area contributed by atoms with Gasteiger partial charge < -0.3 is 5.32 Å². The van der Waals surface area contributed by atoms with Gasteiger partial charge in [-0.25, -0.2) is 4.90 Å². The molecule has 1 aliphatic heterocycles. The van der Waals surface area contributed by atoms with E-state index in [-0.39, 0.29) is 24.1 Å². The highest BCUT2D eigenvalue weighted by Crippen LogP contribution is 2.34. The van der Waals surface area contributed by atoms with Crippen molar-refractivity contribution in [3.63, 3.8) is 0 Å². The van der Waals surface area contributed by atoms with Crippen LogP contribution in [0.1, 0.15) is 22.3 Å². The van der Waals surface area contributed by atoms with Gasteiger partial charge in [0.15, 0.2) is 0 Å². The first-order valence-corrected chi connectivity index (χ1v) is 11.3. The number of imide groups is 1. The summed E-state index contributed by atoms with van der Waals surface area (Å²) < 4.78 is 0.885. The average molecular weight is 495 g/mol. The minimum Gasteiger partial charge on any atom is -0.322 e. The molecule has 7 heteroatoms. The van der Waals surface area contributed by atoms with Crippen molar-refractivity contribution >= 4 is 56.8 Å². The molecule has 0 aromatic heterocycles. The molecule has 0 saturated carbocycles. The highest BCUT2D eigenvalue weighted by molar-refractivity contribution is 9.10. The van der Waals surface area contributed by atoms with Gasteiger partial charge in [-0.2, -0.15) is 0 Å². The van der Waals surface area contributed by atoms with E-state index in [4.69, 9.17) is 0 Å². The number of benzene rings is 3. The summed E-state index contributed by atoms with van der Waals surface area (Å²) in [7, 11) is 0. The van der Waals surface area contributed by atoms with Crippen LogP contribution >= 0.6 is 27.7 Å². The number of nitrogens with one attached hydrogen (secondary N) is 1. The smallest absolute Gasteiger partial charge is 0.255 e. The lowest BCUT2D eigenvalue weighted by Gasteiger charge is -2.15. The Bertz CT molecular complexity index is 1150. The van der Waals surface area contributed by atoms with Gasteiger partial charge in [-0.3, -0.25) is 14.4 Å². The lowest BCUT2D eigenvalue weighted by Crippen LogP contribution is -2.31. The molecular weight excluding hydrogens is 476 g/mol. The summed E-state index contributed by atoms with van der Waals surface area (Å²) in [6, 6.07) is 21.8. The van der Waals surface area contributed by atoms with Crippen molar-refractivity contribution in [3.05, 3.63) is 88.4 Å². The number of aryl methyl sites for hydroxylation is 1. The molecule has 0 spiro atoms. The number of carbonyl (C=O) groups excluding carboxylic acids is 3. The second-order valence-corrected chi connectivity index (χ2v) is 9.39. The summed E-state index contributed by atoms with van der Waals surface area (Å²) >= 11 is 4.72. The second kappa shape index (κ2) is 9.08. The van der Waals surface area contributed by atoms with Crippen LogP contribution in [0.3, 0.4) is 0 Å². The third-order valence-corrected chi connectivity index (χ3v) is 6.59. The molecule has 3 aromatic carbocycles. The van der Waals surface area contributed by atoms with Crippen LogP contribution in [0.15, 0.2) is 82.2 Å². The fourth-order valence-electron chi connectivity index (χ4n) is 3.33. The van der Waals surface area contributed by atoms with Crippen LogP contribution in [0.4, 0.5) is 11.4 Å². The van der Waals surface area contributed by atoms with Crippen LogP contribution in [-0.2, 0) is 9.59 Å². The fraction of sp³-hybridized carbons (Fsp3) is 0.125. The monoisotopic (exact) mass is 494 g/mol. The highest BCUT2D eigenvalue weighted by atomic mass is 79.9. The molecule has 1 atom stereocenters. The van der Waals surface area contributed by atoms with E-state index in [1.54, 1.807) is 42.5 Å². The summed E-state index contributed by atoms with van der Waals surface area (Å²) in [5, 5.41) is 2.41. The maximum Gasteiger partial charge on any atom is 0.255 e. The number of thioether (sulfide) groups is 1. The summed E-state index contributed by atoms with van der Waals surface area (Å²) in [6.07, 6.45) is 0.158. The number of nitrogens with zero attached hydrogens (tertiary/aromatic N) is 1. The molecule has 3 aromatic rings. The van der Waals surface area contributed by atoms with E-state index in [9.17, 15) is 14.4 Å². The Morgan fingerprint density at radius 1 is 1.03 bits per heavy atom. The molecule has 1 heterocycles. The molecule has 4 rings (SSSR count). The van der Waals surface area contributed by atoms with E-state index in [0.717, 1.165) is 14.9 Å². The van der Waals surface area contributed by atoms with E-state index >= 15 is 0 Å². The first kappa shape index (κ1) is 21.3. The molecule has 0 bridgehead atoms. The number of hydrogen-bond acceptors (Lipinski definition) is 4. The number of hydrogen-bond donors (Lipinski definition) is 1. The molecule has 1 unspecified atom stereocenters. The van der Waals surface area contributed by atoms with Crippen LogP contribution in [0.5, 0.6) is 0 Å². The standard InChI is InChI=1S/C24H19BrN2O3S/c1-15-3-2-4-16(13-15)23(29)26-18-7-11-20(12-8-18)31-21-14-22(28)27(24(21)30)19-9-5-17(25)6-10-19/h2-13,21H,14H2,1H3,(H,26,29). The summed E-state index contributed by atoms with van der Waals surface area (Å²) in [5.74, 6) is -0.591. The Balaban J connectivity index is 1.41. The van der Waals surface area contributed by atoms with Gasteiger partial charge >= 0.3 is 0 Å². The van der Waals surface area contributed by atoms with Gasteiger partial charge in [-0.1, -0.05) is 33.6 Å². The molecule has 156 valence electrons. The fourth-order valence-corrected chi connectivity index (χ4v) is 4.65. The molecule has 1 saturated heterocycles. The second-order valence-electron chi connectivity index (χ2n) is 7.20. The zero-order valence-corrected chi connectivity index (χ0v) is 19.1. The van der Waals surface area contributed by atoms with E-state index in [1.165, 1.54) is 16.7 Å². The third kappa shape index (κ3) is 4.89. The molecule has 31 heavy (non-hydrogen) atoms. The Hall–Kier alpha value is -2.90. The number of halogens is 1. The topological polar surface area (TPSA) is 66.5 Å². The van der Waals surface area contributed by atoms with Crippen molar-refractivity contribution in [1.82, 2.24) is 0 Å². The molecule has 1 N–H and O–H groups in total. The Morgan fingerprint density at radius 3 is 2.42 bits per heavy atom. The molecule has 0 aliphatic carbocycles. The predicted octanol–water partition coefficient (Wildman–Crippen LogP) is 5.43. The zero-order valence-electron chi connectivity index (χ0n) is 16.7. The maximum absolute atomic E-state index is 12.8. The van der Waals surface area contributed by atoms with Gasteiger partial charge in [0.05, 0.1) is 10.9 Å². The number of anilines is 2. The first-order valence-electron chi connectivity index (χ1n) is 9.68. The van der Waals surface area contributed by atoms with Crippen molar-refractivity contribution in [2.24, 2.45) is 0 Å². The lowest BCUT2D eigenvalue weighted by molar-refractivity contribution is -0.121. The largest absolute Gasteiger partial charge is 0.322 e. The van der Waals surface area contributed by atoms with Crippen LogP contribution in [0, 0.1) is 6.92 Å². The Morgan fingerprint density at radius 2 is 1.74 bits per heavy atom. The van der Waals surface area contributed by atoms with Gasteiger partial charge in [-0.05, 0) is 67.6 Å². The molecule has 1 fully saturated rings. The van der Waals surface area contributed by atoms with Gasteiger partial charge in [0, 0.05) is 27.0 Å². The van der Waals surface area contributed by atoms with Crippen molar-refractivity contribution in [3.8, 4) is 0 Å². The summed E-state index contributed by atoms with van der Waals surface area (Å²) in [4.78, 5) is 39.8. The Labute approximate surface area is 193 Å². The first-order chi connectivity index (χ1) is 14.9. The van der Waals surface area contributed by atoms with Crippen LogP contribution in [-0.4, -0.2) is 23.0 Å². The minimum absolute atomic E-state index is 0.158. The lowest BCUT2D eigenvalue weighted by atomic mass is 10.1. The van der Waals surface area contributed by atoms with E-state index in [1.807, 2.05) is 37.3 Å². The van der Waals surface area contributed by atoms with Crippen LogP contribution in [0.25, 0.3) is 0 Å². The number of amides is 3. The normalized spacial score (nSPS) is 15.9. The van der Waals surface area contributed by atoms with Gasteiger partial charge in [-0.15, -0.1) is 11.8 Å². The zero-order chi connectivity index (χ0) is 22.0. The SMILES string of the molecule is Cc1cccc(C(=O)Nc2ccc(SC3CC(=O)N(c4ccc(Br)cc4)C3=O)cc2)c1. The molecule has 3 amide bonds. The van der Waals surface area contributed by atoms with Crippen molar-refractivity contribution in [1.29, 1.82) is 0 Å².